The summed E-state index contributed by atoms with van der Waals surface area (Å²) in [6.45, 7) is 1.67. The standard InChI is InChI=1S/C12H19N3O2/c1-17-8-4-2-3-6-14-10-5-7-15-11(9-10)12(13)16/h5,7,9H,2-4,6,8H2,1H3,(H2,13,16)(H,14,15). The number of carbonyl (C=O) groups is 1. The Morgan fingerprint density at radius 1 is 1.47 bits per heavy atom. The Labute approximate surface area is 101 Å². The molecule has 0 spiro atoms. The molecule has 17 heavy (non-hydrogen) atoms. The molecule has 1 rings (SSSR count). The summed E-state index contributed by atoms with van der Waals surface area (Å²) < 4.78 is 4.97. The number of pyridine rings is 1. The molecule has 1 aromatic heterocycles. The van der Waals surface area contributed by atoms with Crippen molar-refractivity contribution in [1.29, 1.82) is 0 Å². The van der Waals surface area contributed by atoms with Crippen molar-refractivity contribution in [3.63, 3.8) is 0 Å². The molecule has 94 valence electrons. The molecule has 5 heteroatoms. The SMILES string of the molecule is COCCCCCNc1ccnc(C(N)=O)c1. The van der Waals surface area contributed by atoms with Crippen LogP contribution in [0.4, 0.5) is 5.69 Å². The van der Waals surface area contributed by atoms with Crippen LogP contribution in [0, 0.1) is 0 Å². The van der Waals surface area contributed by atoms with Crippen molar-refractivity contribution in [2.75, 3.05) is 25.6 Å². The minimum absolute atomic E-state index is 0.286. The van der Waals surface area contributed by atoms with Gasteiger partial charge in [0, 0.05) is 32.1 Å². The molecular weight excluding hydrogens is 218 g/mol. The van der Waals surface area contributed by atoms with Crippen LogP contribution in [-0.2, 0) is 4.74 Å². The van der Waals surface area contributed by atoms with Crippen LogP contribution in [0.25, 0.3) is 0 Å². The van der Waals surface area contributed by atoms with Gasteiger partial charge in [0.1, 0.15) is 5.69 Å². The molecule has 5 nitrogen and oxygen atoms in total. The smallest absolute Gasteiger partial charge is 0.267 e. The van der Waals surface area contributed by atoms with Crippen LogP contribution in [-0.4, -0.2) is 31.2 Å². The molecule has 0 bridgehead atoms. The predicted octanol–water partition coefficient (Wildman–Crippen LogP) is 1.41. The number of nitrogens with zero attached hydrogens (tertiary/aromatic N) is 1. The highest BCUT2D eigenvalue weighted by Crippen LogP contribution is 2.08. The molecule has 1 heterocycles. The van der Waals surface area contributed by atoms with Gasteiger partial charge in [0.15, 0.2) is 0 Å². The quantitative estimate of drug-likeness (QED) is 0.670. The van der Waals surface area contributed by atoms with Gasteiger partial charge in [-0.15, -0.1) is 0 Å². The fourth-order valence-corrected chi connectivity index (χ4v) is 1.46. The summed E-state index contributed by atoms with van der Waals surface area (Å²) in [6.07, 6.45) is 4.83. The van der Waals surface area contributed by atoms with Crippen molar-refractivity contribution in [2.45, 2.75) is 19.3 Å². The zero-order valence-corrected chi connectivity index (χ0v) is 10.1. The first kappa shape index (κ1) is 13.4. The van der Waals surface area contributed by atoms with Crippen molar-refractivity contribution >= 4 is 11.6 Å². The highest BCUT2D eigenvalue weighted by Gasteiger charge is 2.02. The lowest BCUT2D eigenvalue weighted by atomic mass is 10.2. The molecule has 3 N–H and O–H groups in total. The minimum Gasteiger partial charge on any atom is -0.385 e. The average molecular weight is 237 g/mol. The zero-order chi connectivity index (χ0) is 12.5. The van der Waals surface area contributed by atoms with Crippen molar-refractivity contribution in [1.82, 2.24) is 4.98 Å². The molecular formula is C12H19N3O2. The van der Waals surface area contributed by atoms with Crippen molar-refractivity contribution in [3.8, 4) is 0 Å². The van der Waals surface area contributed by atoms with Gasteiger partial charge in [-0.25, -0.2) is 0 Å². The number of ether oxygens (including phenoxy) is 1. The second-order valence-electron chi connectivity index (χ2n) is 3.77. The number of unbranched alkanes of at least 4 members (excludes halogenated alkanes) is 2. The summed E-state index contributed by atoms with van der Waals surface area (Å²) in [4.78, 5) is 14.8. The van der Waals surface area contributed by atoms with E-state index in [0.717, 1.165) is 38.1 Å². The Hall–Kier alpha value is -1.62. The van der Waals surface area contributed by atoms with E-state index in [1.54, 1.807) is 19.4 Å². The van der Waals surface area contributed by atoms with E-state index >= 15 is 0 Å². The fraction of sp³-hybridized carbons (Fsp3) is 0.500. The first-order chi connectivity index (χ1) is 8.24. The van der Waals surface area contributed by atoms with Crippen molar-refractivity contribution < 1.29 is 9.53 Å². The van der Waals surface area contributed by atoms with E-state index in [4.69, 9.17) is 10.5 Å². The maximum Gasteiger partial charge on any atom is 0.267 e. The number of primary amides is 1. The number of amides is 1. The van der Waals surface area contributed by atoms with Crippen LogP contribution >= 0.6 is 0 Å². The second kappa shape index (κ2) is 7.62. The number of carbonyl (C=O) groups excluding carboxylic acids is 1. The summed E-state index contributed by atoms with van der Waals surface area (Å²) in [7, 11) is 1.71. The Balaban J connectivity index is 2.27. The van der Waals surface area contributed by atoms with Gasteiger partial charge in [-0.1, -0.05) is 0 Å². The molecule has 0 aliphatic heterocycles. The molecule has 0 aliphatic rings. The van der Waals surface area contributed by atoms with Crippen LogP contribution < -0.4 is 11.1 Å². The third kappa shape index (κ3) is 5.31. The molecule has 1 amide bonds. The molecule has 0 saturated carbocycles. The van der Waals surface area contributed by atoms with E-state index in [-0.39, 0.29) is 5.69 Å². The summed E-state index contributed by atoms with van der Waals surface area (Å²) in [5, 5.41) is 3.23. The van der Waals surface area contributed by atoms with E-state index < -0.39 is 5.91 Å². The van der Waals surface area contributed by atoms with Gasteiger partial charge < -0.3 is 15.8 Å². The first-order valence-corrected chi connectivity index (χ1v) is 5.72. The molecule has 0 unspecified atom stereocenters. The van der Waals surface area contributed by atoms with Gasteiger partial charge >= 0.3 is 0 Å². The lowest BCUT2D eigenvalue weighted by Gasteiger charge is -2.06. The molecule has 0 aromatic carbocycles. The fourth-order valence-electron chi connectivity index (χ4n) is 1.46. The minimum atomic E-state index is -0.506. The number of methoxy groups -OCH3 is 1. The lowest BCUT2D eigenvalue weighted by Crippen LogP contribution is -2.13. The molecule has 0 aliphatic carbocycles. The third-order valence-corrected chi connectivity index (χ3v) is 2.37. The van der Waals surface area contributed by atoms with E-state index in [1.807, 2.05) is 6.07 Å². The monoisotopic (exact) mass is 237 g/mol. The molecule has 0 saturated heterocycles. The van der Waals surface area contributed by atoms with Gasteiger partial charge in [0.25, 0.3) is 5.91 Å². The summed E-state index contributed by atoms with van der Waals surface area (Å²) >= 11 is 0. The average Bonchev–Trinajstić information content (AvgIpc) is 2.34. The van der Waals surface area contributed by atoms with Crippen LogP contribution in [0.5, 0.6) is 0 Å². The van der Waals surface area contributed by atoms with Crippen LogP contribution in [0.1, 0.15) is 29.8 Å². The topological polar surface area (TPSA) is 77.2 Å². The second-order valence-corrected chi connectivity index (χ2v) is 3.77. The Kier molecular flexibility index (Phi) is 6.03. The van der Waals surface area contributed by atoms with E-state index in [0.29, 0.717) is 0 Å². The summed E-state index contributed by atoms with van der Waals surface area (Å²) in [6, 6.07) is 3.49. The first-order valence-electron chi connectivity index (χ1n) is 5.72. The number of rotatable bonds is 8. The normalized spacial score (nSPS) is 10.2. The third-order valence-electron chi connectivity index (χ3n) is 2.37. The molecule has 1 aromatic rings. The van der Waals surface area contributed by atoms with Crippen LogP contribution in [0.3, 0.4) is 0 Å². The van der Waals surface area contributed by atoms with Gasteiger partial charge in [0.2, 0.25) is 0 Å². The van der Waals surface area contributed by atoms with Gasteiger partial charge in [-0.3, -0.25) is 9.78 Å². The summed E-state index contributed by atoms with van der Waals surface area (Å²) in [5.74, 6) is -0.506. The van der Waals surface area contributed by atoms with Gasteiger partial charge in [-0.2, -0.15) is 0 Å². The number of hydrogen-bond acceptors (Lipinski definition) is 4. The van der Waals surface area contributed by atoms with Crippen molar-refractivity contribution in [2.24, 2.45) is 5.73 Å². The van der Waals surface area contributed by atoms with E-state index in [9.17, 15) is 4.79 Å². The van der Waals surface area contributed by atoms with Crippen LogP contribution in [0.15, 0.2) is 18.3 Å². The largest absolute Gasteiger partial charge is 0.385 e. The summed E-state index contributed by atoms with van der Waals surface area (Å²) in [5.41, 5.74) is 6.31. The Morgan fingerprint density at radius 2 is 2.29 bits per heavy atom. The van der Waals surface area contributed by atoms with Crippen molar-refractivity contribution in [3.05, 3.63) is 24.0 Å². The maximum atomic E-state index is 10.9. The number of hydrogen-bond donors (Lipinski definition) is 2. The lowest BCUT2D eigenvalue weighted by molar-refractivity contribution is 0.0995. The Bertz CT molecular complexity index is 355. The molecule has 0 fully saturated rings. The number of aromatic nitrogens is 1. The zero-order valence-electron chi connectivity index (χ0n) is 10.1. The van der Waals surface area contributed by atoms with Gasteiger partial charge in [0.05, 0.1) is 0 Å². The molecule has 0 atom stereocenters. The van der Waals surface area contributed by atoms with Gasteiger partial charge in [-0.05, 0) is 31.4 Å². The Morgan fingerprint density at radius 3 is 3.00 bits per heavy atom. The van der Waals surface area contributed by atoms with Crippen LogP contribution in [0.2, 0.25) is 0 Å². The molecule has 0 radical (unpaired) electrons. The predicted molar refractivity (Wildman–Crippen MR) is 67.0 cm³/mol. The maximum absolute atomic E-state index is 10.9. The highest BCUT2D eigenvalue weighted by atomic mass is 16.5. The number of nitrogens with two attached hydrogens (primary N) is 1. The van der Waals surface area contributed by atoms with E-state index in [2.05, 4.69) is 10.3 Å². The highest BCUT2D eigenvalue weighted by molar-refractivity contribution is 5.91. The number of nitrogens with one attached hydrogen (secondary N) is 1. The number of anilines is 1. The van der Waals surface area contributed by atoms with E-state index in [1.165, 1.54) is 0 Å².